The van der Waals surface area contributed by atoms with Crippen molar-refractivity contribution >= 4 is 100 Å². The van der Waals surface area contributed by atoms with Gasteiger partial charge in [-0.05, 0) is 94.4 Å². The number of nitrogens with zero attached hydrogens (tertiary/aromatic N) is 2. The molecule has 1 heterocycles. The highest BCUT2D eigenvalue weighted by atomic mass is 16.5. The average molecular weight is 1570 g/mol. The van der Waals surface area contributed by atoms with Crippen molar-refractivity contribution in [1.82, 2.24) is 63.0 Å². The molecule has 0 bridgehead atoms. The highest BCUT2D eigenvalue weighted by Gasteiger charge is 2.47. The van der Waals surface area contributed by atoms with Crippen molar-refractivity contribution in [3.63, 3.8) is 0 Å². The topological polar surface area (TPSA) is 646 Å². The summed E-state index contributed by atoms with van der Waals surface area (Å²) in [6.07, 6.45) is -13.0. The third-order valence-electron chi connectivity index (χ3n) is 19.4. The Bertz CT molecular complexity index is 3220. The smallest absolute Gasteiger partial charge is 0.329 e. The van der Waals surface area contributed by atoms with Gasteiger partial charge >= 0.3 is 5.97 Å². The minimum atomic E-state index is -2.62. The second kappa shape index (κ2) is 46.4. The van der Waals surface area contributed by atoms with E-state index in [1.54, 1.807) is 34.6 Å². The molecule has 1 aliphatic rings. The first-order chi connectivity index (χ1) is 50.9. The van der Waals surface area contributed by atoms with Crippen LogP contribution in [0, 0.1) is 47.3 Å². The minimum Gasteiger partial charge on any atom is -0.458 e. The molecule has 1 rings (SSSR count). The predicted molar refractivity (Wildman–Crippen MR) is 394 cm³/mol. The highest BCUT2D eigenvalue weighted by Crippen LogP contribution is 2.25. The Labute approximate surface area is 641 Å². The molecule has 24 N–H and O–H groups in total. The van der Waals surface area contributed by atoms with Gasteiger partial charge in [0, 0.05) is 47.0 Å². The molecule has 0 aromatic carbocycles. The SMILES string of the molecule is CCC(C)CC(C)[C@@H](O)[C@@H](C)C(=O)N[C@H](CNC(C)=O)C(=O)N[C@H](C(C)C)[C@H](O)C(O)C(=O)N[C@H](C(=O)N[C@H]1C(=O)N[C@H]([C@@H](C)O)C(=O)N[C@H](CCCN)C(=O)N[C@@H](CC(C)C)C(=O)N(C)[C@@H](CCC(N)=O)C(=O)NC(C(OC)C(N)=O)C(=O)N[C@H](C(N)=O)C(=O)N(C)[C@@H](CC(C)C)C(=O)O[C@@H]1C)[C@@H](C)[C@@H](C)C(N)=O. The van der Waals surface area contributed by atoms with Crippen molar-refractivity contribution in [2.45, 2.75) is 258 Å². The van der Waals surface area contributed by atoms with Crippen molar-refractivity contribution < 1.29 is 111 Å². The number of primary amides is 4. The zero-order valence-electron chi connectivity index (χ0n) is 66.3. The van der Waals surface area contributed by atoms with Gasteiger partial charge in [-0.2, -0.15) is 0 Å². The van der Waals surface area contributed by atoms with Gasteiger partial charge in [-0.15, -0.1) is 0 Å². The molecule has 0 aromatic heterocycles. The van der Waals surface area contributed by atoms with E-state index in [1.165, 1.54) is 34.6 Å². The molecule has 0 spiro atoms. The number of carbonyl (C=O) groups is 17. The van der Waals surface area contributed by atoms with Gasteiger partial charge in [0.25, 0.3) is 11.8 Å². The molecule has 22 atom stereocenters. The van der Waals surface area contributed by atoms with E-state index < -0.39 is 258 Å². The summed E-state index contributed by atoms with van der Waals surface area (Å²) in [5.74, 6) is -27.4. The maximum Gasteiger partial charge on any atom is 0.329 e. The Balaban J connectivity index is 4.48. The summed E-state index contributed by atoms with van der Waals surface area (Å²) in [7, 11) is 2.90. The van der Waals surface area contributed by atoms with E-state index in [2.05, 4.69) is 47.9 Å². The van der Waals surface area contributed by atoms with E-state index in [9.17, 15) is 92.3 Å². The van der Waals surface area contributed by atoms with Gasteiger partial charge in [0.1, 0.15) is 66.6 Å². The second-order valence-electron chi connectivity index (χ2n) is 29.7. The Hall–Kier alpha value is -9.25. The molecule has 626 valence electrons. The maximum atomic E-state index is 15.2. The highest BCUT2D eigenvalue weighted by molar-refractivity contribution is 6.09. The number of hydrogen-bond acceptors (Lipinski definition) is 24. The van der Waals surface area contributed by atoms with E-state index in [-0.39, 0.29) is 44.1 Å². The zero-order valence-corrected chi connectivity index (χ0v) is 66.3. The number of rotatable bonds is 36. The fourth-order valence-electron chi connectivity index (χ4n) is 12.1. The molecule has 16 amide bonds. The summed E-state index contributed by atoms with van der Waals surface area (Å²) in [5, 5.41) is 69.5. The predicted octanol–water partition coefficient (Wildman–Crippen LogP) is -7.25. The Morgan fingerprint density at radius 2 is 1.16 bits per heavy atom. The van der Waals surface area contributed by atoms with Crippen molar-refractivity contribution in [2.75, 3.05) is 34.3 Å². The van der Waals surface area contributed by atoms with Gasteiger partial charge in [0.2, 0.25) is 82.7 Å². The molecule has 110 heavy (non-hydrogen) atoms. The number of aliphatic hydroxyl groups excluding tert-OH is 4. The number of amides is 16. The van der Waals surface area contributed by atoms with Crippen LogP contribution >= 0.6 is 0 Å². The number of aliphatic hydroxyl groups is 4. The number of likely N-dealkylation sites (N-methyl/N-ethyl adjacent to an activating group) is 2. The van der Waals surface area contributed by atoms with Crippen LogP contribution in [0.3, 0.4) is 0 Å². The van der Waals surface area contributed by atoms with E-state index in [1.807, 2.05) is 19.2 Å². The van der Waals surface area contributed by atoms with Gasteiger partial charge < -0.3 is 122 Å². The Morgan fingerprint density at radius 3 is 1.65 bits per heavy atom. The molecule has 5 unspecified atom stereocenters. The normalized spacial score (nSPS) is 24.1. The summed E-state index contributed by atoms with van der Waals surface area (Å²) in [6.45, 7) is 21.4. The number of esters is 1. The second-order valence-corrected chi connectivity index (χ2v) is 29.7. The molecule has 1 aliphatic heterocycles. The standard InChI is InChI=1S/C70H123N17O23/c1-19-32(8)27-33(9)52(91)36(12)59(97)79-42(28-76-39(15)89)61(99)80-46(31(6)7)53(92)54(93)67(105)81-47(34(10)35(11)56(73)94)63(101)83-49-38(14)110-70(108)44(26-30(4)5)87(17)69(107)51(57(74)95)85-66(104)50(55(109-18)58(75)96)84-62(100)43(22-23-45(72)90)86(16)68(106)41(25-29(2)3)78-60(98)40(21-20-24-71)77-64(102)48(37(13)88)82-65(49)103/h29-38,40-44,46-55,88,91-93H,19-28,71H2,1-18H3,(H2,72,90)(H2,73,94)(H2,74,95)(H2,75,96)(H,76,89)(H,77,102)(H,78,98)(H,79,97)(H,80,99)(H,81,105)(H,82,103)(H,83,101)(H,84,100)(H,85,104)/t32?,33?,34-,35+,36+,37+,38+,40+,41-,42+,43-,44-,46+,47-,48+,49+,50?,51+,52+,53-,54?,55?/m0/s1. The molecular formula is C70H123N17O23. The molecule has 0 radical (unpaired) electrons. The molecule has 40 heteroatoms. The molecular weight excluding hydrogens is 1450 g/mol. The van der Waals surface area contributed by atoms with Gasteiger partial charge in [0.05, 0.1) is 24.2 Å². The van der Waals surface area contributed by atoms with Crippen LogP contribution in [0.5, 0.6) is 0 Å². The van der Waals surface area contributed by atoms with Gasteiger partial charge in [-0.1, -0.05) is 89.5 Å². The number of cyclic esters (lactones) is 1. The lowest BCUT2D eigenvalue weighted by Gasteiger charge is -2.35. The molecule has 1 fully saturated rings. The number of methoxy groups -OCH3 is 1. The van der Waals surface area contributed by atoms with E-state index in [0.29, 0.717) is 11.3 Å². The maximum absolute atomic E-state index is 15.2. The van der Waals surface area contributed by atoms with Crippen LogP contribution in [0.2, 0.25) is 0 Å². The van der Waals surface area contributed by atoms with Gasteiger partial charge in [0.15, 0.2) is 18.2 Å². The first-order valence-corrected chi connectivity index (χ1v) is 36.8. The van der Waals surface area contributed by atoms with E-state index >= 15 is 9.59 Å². The Morgan fingerprint density at radius 1 is 0.609 bits per heavy atom. The van der Waals surface area contributed by atoms with E-state index in [4.69, 9.17) is 38.1 Å². The first-order valence-electron chi connectivity index (χ1n) is 36.8. The van der Waals surface area contributed by atoms with Crippen LogP contribution in [0.4, 0.5) is 0 Å². The fraction of sp³-hybridized carbons (Fsp3) is 0.757. The first kappa shape index (κ1) is 98.8. The van der Waals surface area contributed by atoms with E-state index in [0.717, 1.165) is 53.3 Å². The lowest BCUT2D eigenvalue weighted by Crippen LogP contribution is -2.65. The summed E-state index contributed by atoms with van der Waals surface area (Å²) in [4.78, 5) is 240. The summed E-state index contributed by atoms with van der Waals surface area (Å²) in [6, 6.07) is -21.6. The zero-order chi connectivity index (χ0) is 85.0. The molecule has 1 saturated heterocycles. The van der Waals surface area contributed by atoms with Crippen LogP contribution in [0.1, 0.15) is 155 Å². The molecule has 40 nitrogen and oxygen atoms in total. The molecule has 0 saturated carbocycles. The largest absolute Gasteiger partial charge is 0.458 e. The lowest BCUT2D eigenvalue weighted by atomic mass is 9.85. The Kier molecular flexibility index (Phi) is 41.7. The minimum absolute atomic E-state index is 0.0108. The molecule has 0 aliphatic carbocycles. The molecule has 0 aromatic rings. The fourth-order valence-corrected chi connectivity index (χ4v) is 12.1. The number of ether oxygens (including phenoxy) is 2. The van der Waals surface area contributed by atoms with Crippen molar-refractivity contribution in [3.8, 4) is 0 Å². The van der Waals surface area contributed by atoms with Crippen molar-refractivity contribution in [3.05, 3.63) is 0 Å². The summed E-state index contributed by atoms with van der Waals surface area (Å²) in [5.41, 5.74) is 28.4. The summed E-state index contributed by atoms with van der Waals surface area (Å²) < 4.78 is 11.1. The van der Waals surface area contributed by atoms with Crippen molar-refractivity contribution in [2.24, 2.45) is 76.0 Å². The van der Waals surface area contributed by atoms with Gasteiger partial charge in [-0.25, -0.2) is 4.79 Å². The van der Waals surface area contributed by atoms with Crippen LogP contribution in [0.15, 0.2) is 0 Å². The third kappa shape index (κ3) is 30.2. The number of nitrogens with one attached hydrogen (secondary N) is 10. The summed E-state index contributed by atoms with van der Waals surface area (Å²) >= 11 is 0. The van der Waals surface area contributed by atoms with Crippen LogP contribution in [-0.2, 0) is 91.0 Å². The number of carbonyl (C=O) groups excluding carboxylic acids is 17. The quantitative estimate of drug-likeness (QED) is 0.0205. The van der Waals surface area contributed by atoms with Crippen molar-refractivity contribution in [1.29, 1.82) is 0 Å². The average Bonchev–Trinajstić information content (AvgIpc) is 0.872. The van der Waals surface area contributed by atoms with Crippen LogP contribution in [-0.4, -0.2) is 268 Å². The number of nitrogens with two attached hydrogens (primary N) is 5. The van der Waals surface area contributed by atoms with Crippen LogP contribution < -0.4 is 81.8 Å². The van der Waals surface area contributed by atoms with Crippen LogP contribution in [0.25, 0.3) is 0 Å². The third-order valence-corrected chi connectivity index (χ3v) is 19.4. The monoisotopic (exact) mass is 1570 g/mol. The van der Waals surface area contributed by atoms with Gasteiger partial charge in [-0.3, -0.25) is 76.7 Å². The number of hydrogen-bond donors (Lipinski definition) is 19. The lowest BCUT2D eigenvalue weighted by molar-refractivity contribution is -0.163.